The Labute approximate surface area is 227 Å². The molecule has 0 radical (unpaired) electrons. The van der Waals surface area contributed by atoms with E-state index in [0.29, 0.717) is 11.4 Å². The van der Waals surface area contributed by atoms with Gasteiger partial charge in [0.1, 0.15) is 30.0 Å². The normalized spacial score (nSPS) is 33.3. The third-order valence-corrected chi connectivity index (χ3v) is 7.77. The van der Waals surface area contributed by atoms with Gasteiger partial charge in [0.25, 0.3) is 5.91 Å². The summed E-state index contributed by atoms with van der Waals surface area (Å²) < 4.78 is 35.3. The zero-order valence-electron chi connectivity index (χ0n) is 22.7. The van der Waals surface area contributed by atoms with Gasteiger partial charge in [-0.1, -0.05) is 30.3 Å². The van der Waals surface area contributed by atoms with Crippen LogP contribution in [0, 0.1) is 0 Å². The lowest BCUT2D eigenvalue weighted by atomic mass is 9.84. The van der Waals surface area contributed by atoms with Crippen LogP contribution < -0.4 is 9.64 Å². The lowest BCUT2D eigenvalue weighted by Gasteiger charge is -2.51. The summed E-state index contributed by atoms with van der Waals surface area (Å²) in [6.07, 6.45) is -2.33. The minimum absolute atomic E-state index is 0.210. The molecule has 4 saturated heterocycles. The summed E-state index contributed by atoms with van der Waals surface area (Å²) in [5.41, 5.74) is 1.61. The number of nitrogens with zero attached hydrogens (tertiary/aromatic N) is 2. The van der Waals surface area contributed by atoms with Gasteiger partial charge in [-0.25, -0.2) is 4.79 Å². The second-order valence-electron chi connectivity index (χ2n) is 11.2. The minimum Gasteiger partial charge on any atom is -0.497 e. The summed E-state index contributed by atoms with van der Waals surface area (Å²) in [6, 6.07) is 15.1. The van der Waals surface area contributed by atoms with E-state index in [2.05, 4.69) is 0 Å². The number of amides is 2. The van der Waals surface area contributed by atoms with E-state index in [9.17, 15) is 9.59 Å². The zero-order chi connectivity index (χ0) is 27.5. The first-order chi connectivity index (χ1) is 18.6. The molecule has 0 spiro atoms. The van der Waals surface area contributed by atoms with Gasteiger partial charge in [-0.15, -0.1) is 0 Å². The first-order valence-electron chi connectivity index (χ1n) is 13.2. The molecule has 2 aromatic rings. The van der Waals surface area contributed by atoms with Gasteiger partial charge < -0.3 is 33.3 Å². The van der Waals surface area contributed by atoms with Crippen molar-refractivity contribution < 1.29 is 38.0 Å². The number of benzene rings is 2. The molecule has 208 valence electrons. The Morgan fingerprint density at radius 3 is 2.00 bits per heavy atom. The van der Waals surface area contributed by atoms with Crippen molar-refractivity contribution in [3.63, 3.8) is 0 Å². The lowest BCUT2D eigenvalue weighted by molar-refractivity contribution is -0.163. The van der Waals surface area contributed by atoms with E-state index >= 15 is 0 Å². The zero-order valence-corrected chi connectivity index (χ0v) is 22.7. The van der Waals surface area contributed by atoms with Crippen molar-refractivity contribution in [1.29, 1.82) is 0 Å². The number of cyclic esters (lactones) is 1. The fourth-order valence-corrected chi connectivity index (χ4v) is 6.03. The molecule has 4 heterocycles. The number of carbonyl (C=O) groups is 2. The number of carbonyl (C=O) groups excluding carboxylic acids is 2. The summed E-state index contributed by atoms with van der Waals surface area (Å²) in [5, 5.41) is 0. The van der Waals surface area contributed by atoms with Crippen LogP contribution in [0.15, 0.2) is 54.6 Å². The first-order valence-corrected chi connectivity index (χ1v) is 13.2. The molecule has 0 saturated carbocycles. The molecule has 0 aliphatic carbocycles. The Balaban J connectivity index is 1.38. The largest absolute Gasteiger partial charge is 0.497 e. The third-order valence-electron chi connectivity index (χ3n) is 7.77. The molecule has 0 N–H and O–H groups in total. The summed E-state index contributed by atoms with van der Waals surface area (Å²) in [5.74, 6) is -1.17. The molecular weight excluding hydrogens is 504 g/mol. The topological polar surface area (TPSA) is 96.0 Å². The Bertz CT molecular complexity index is 1230. The second kappa shape index (κ2) is 9.48. The molecule has 6 atom stereocenters. The van der Waals surface area contributed by atoms with E-state index in [1.165, 1.54) is 0 Å². The van der Waals surface area contributed by atoms with E-state index < -0.39 is 54.1 Å². The average Bonchev–Trinajstić information content (AvgIpc) is 3.57. The van der Waals surface area contributed by atoms with Crippen LogP contribution in [0.3, 0.4) is 0 Å². The van der Waals surface area contributed by atoms with Crippen molar-refractivity contribution >= 4 is 17.7 Å². The standard InChI is InChI=1S/C29H34N2O8/c1-28(2)35-15-20(38-28)23-25(21-16-36-29(3,4)39-21)37-27(33)31(23)24-22(17-9-7-6-8-10-17)30(26(24)32)18-11-13-19(34-5)14-12-18/h6-14,20-25H,15-16H2,1-5H3/t20?,21?,22?,23-,24?,25-/m0/s1. The molecule has 39 heavy (non-hydrogen) atoms. The van der Waals surface area contributed by atoms with Crippen LogP contribution in [-0.4, -0.2) is 79.2 Å². The highest BCUT2D eigenvalue weighted by Gasteiger charge is 2.63. The summed E-state index contributed by atoms with van der Waals surface area (Å²) in [7, 11) is 1.60. The van der Waals surface area contributed by atoms with Crippen molar-refractivity contribution in [2.24, 2.45) is 0 Å². The molecule has 10 heteroatoms. The highest BCUT2D eigenvalue weighted by Crippen LogP contribution is 2.47. The van der Waals surface area contributed by atoms with Crippen molar-refractivity contribution in [2.45, 2.75) is 75.7 Å². The van der Waals surface area contributed by atoms with Gasteiger partial charge >= 0.3 is 6.09 Å². The van der Waals surface area contributed by atoms with Crippen LogP contribution in [0.1, 0.15) is 39.3 Å². The van der Waals surface area contributed by atoms with Gasteiger partial charge in [0.05, 0.1) is 26.4 Å². The Morgan fingerprint density at radius 2 is 1.44 bits per heavy atom. The number of hydrogen-bond acceptors (Lipinski definition) is 8. The van der Waals surface area contributed by atoms with E-state index in [1.54, 1.807) is 16.9 Å². The number of hydrogen-bond donors (Lipinski definition) is 0. The van der Waals surface area contributed by atoms with Crippen molar-refractivity contribution in [1.82, 2.24) is 4.90 Å². The molecule has 2 aromatic carbocycles. The monoisotopic (exact) mass is 538 g/mol. The smallest absolute Gasteiger partial charge is 0.411 e. The number of methoxy groups -OCH3 is 1. The third kappa shape index (κ3) is 4.55. The molecule has 0 bridgehead atoms. The van der Waals surface area contributed by atoms with E-state index in [1.807, 2.05) is 82.3 Å². The summed E-state index contributed by atoms with van der Waals surface area (Å²) in [4.78, 5) is 30.9. The maximum atomic E-state index is 14.0. The number of rotatable bonds is 6. The minimum atomic E-state index is -0.837. The van der Waals surface area contributed by atoms with E-state index in [-0.39, 0.29) is 19.1 Å². The Hall–Kier alpha value is -3.18. The van der Waals surface area contributed by atoms with Gasteiger partial charge in [0, 0.05) is 5.69 Å². The Morgan fingerprint density at radius 1 is 0.821 bits per heavy atom. The van der Waals surface area contributed by atoms with Gasteiger partial charge in [0.2, 0.25) is 0 Å². The first kappa shape index (κ1) is 26.1. The van der Waals surface area contributed by atoms with Gasteiger partial charge in [-0.3, -0.25) is 9.69 Å². The van der Waals surface area contributed by atoms with Gasteiger partial charge in [-0.2, -0.15) is 0 Å². The van der Waals surface area contributed by atoms with Crippen LogP contribution in [0.25, 0.3) is 0 Å². The maximum absolute atomic E-state index is 14.0. The number of ether oxygens (including phenoxy) is 6. The van der Waals surface area contributed by atoms with Crippen LogP contribution in [0.4, 0.5) is 10.5 Å². The molecule has 0 aromatic heterocycles. The highest BCUT2D eigenvalue weighted by molar-refractivity contribution is 6.07. The fourth-order valence-electron chi connectivity index (χ4n) is 6.03. The van der Waals surface area contributed by atoms with Crippen LogP contribution in [0.5, 0.6) is 5.75 Å². The van der Waals surface area contributed by atoms with Crippen LogP contribution in [0.2, 0.25) is 0 Å². The maximum Gasteiger partial charge on any atom is 0.411 e. The van der Waals surface area contributed by atoms with E-state index in [0.717, 1.165) is 5.56 Å². The average molecular weight is 539 g/mol. The Kier molecular flexibility index (Phi) is 6.33. The highest BCUT2D eigenvalue weighted by atomic mass is 16.8. The molecule has 2 amide bonds. The van der Waals surface area contributed by atoms with Crippen LogP contribution >= 0.6 is 0 Å². The summed E-state index contributed by atoms with van der Waals surface area (Å²) in [6.45, 7) is 7.80. The molecule has 4 unspecified atom stereocenters. The van der Waals surface area contributed by atoms with Crippen molar-refractivity contribution in [2.75, 3.05) is 25.2 Å². The second-order valence-corrected chi connectivity index (χ2v) is 11.2. The van der Waals surface area contributed by atoms with Crippen LogP contribution in [-0.2, 0) is 28.5 Å². The quantitative estimate of drug-likeness (QED) is 0.515. The SMILES string of the molecule is COc1ccc(N2C(=O)C(N3C(=O)O[C@@H](C4COC(C)(C)O4)[C@@H]3C3COC(C)(C)O3)C2c2ccccc2)cc1. The number of anilines is 1. The molecule has 6 rings (SSSR count). The lowest BCUT2D eigenvalue weighted by Crippen LogP contribution is -2.69. The molecule has 4 aliphatic rings. The van der Waals surface area contributed by atoms with E-state index in [4.69, 9.17) is 28.4 Å². The molecule has 4 aliphatic heterocycles. The predicted molar refractivity (Wildman–Crippen MR) is 139 cm³/mol. The van der Waals surface area contributed by atoms with Crippen molar-refractivity contribution in [3.8, 4) is 5.75 Å². The van der Waals surface area contributed by atoms with Crippen molar-refractivity contribution in [3.05, 3.63) is 60.2 Å². The summed E-state index contributed by atoms with van der Waals surface area (Å²) >= 11 is 0. The van der Waals surface area contributed by atoms with Gasteiger partial charge in [-0.05, 0) is 57.5 Å². The fraction of sp³-hybridized carbons (Fsp3) is 0.517. The molecule has 10 nitrogen and oxygen atoms in total. The molecule has 4 fully saturated rings. The van der Waals surface area contributed by atoms with Gasteiger partial charge in [0.15, 0.2) is 17.7 Å². The number of β-lactam (4-membered cyclic amide) rings is 1. The predicted octanol–water partition coefficient (Wildman–Crippen LogP) is 3.64. The molecular formula is C29H34N2O8.